The molecule has 0 fully saturated rings. The van der Waals surface area contributed by atoms with Gasteiger partial charge in [-0.05, 0) is 44.9 Å². The Kier molecular flexibility index (Phi) is 34.8. The monoisotopic (exact) mass is 749 g/mol. The van der Waals surface area contributed by atoms with E-state index in [4.69, 9.17) is 14.2 Å². The summed E-state index contributed by atoms with van der Waals surface area (Å²) in [5.74, 6) is -1.51. The number of carboxylic acids is 1. The molecule has 0 aliphatic heterocycles. The molecule has 0 saturated heterocycles. The van der Waals surface area contributed by atoms with Crippen LogP contribution in [0.5, 0.6) is 0 Å². The highest BCUT2D eigenvalue weighted by molar-refractivity contribution is 5.72. The number of nitrogens with zero attached hydrogens (tertiary/aromatic N) is 1. The molecule has 8 heteroatoms. The van der Waals surface area contributed by atoms with Crippen LogP contribution < -0.4 is 0 Å². The van der Waals surface area contributed by atoms with Crippen LogP contribution in [0.1, 0.15) is 181 Å². The van der Waals surface area contributed by atoms with Crippen LogP contribution in [0, 0.1) is 0 Å². The normalized spacial score (nSPS) is 13.3. The molecule has 0 heterocycles. The summed E-state index contributed by atoms with van der Waals surface area (Å²) >= 11 is 0. The fourth-order valence-electron chi connectivity index (χ4n) is 6.22. The van der Waals surface area contributed by atoms with Crippen LogP contribution >= 0.6 is 0 Å². The fraction of sp³-hybridized carbons (Fsp3) is 0.800. The summed E-state index contributed by atoms with van der Waals surface area (Å²) in [5.41, 5.74) is 0. The van der Waals surface area contributed by atoms with Gasteiger partial charge < -0.3 is 23.8 Å². The van der Waals surface area contributed by atoms with Gasteiger partial charge >= 0.3 is 17.9 Å². The predicted molar refractivity (Wildman–Crippen MR) is 220 cm³/mol. The SMILES string of the molecule is CC/C=C/C/C=C/C/C=C/CCCCC(=O)OC(COCCC(C(=O)O)[N+](C)(C)C)COC(=O)CCCCCCCCCCCCCCCCCCC. The first kappa shape index (κ1) is 50.5. The number of esters is 2. The molecule has 0 aliphatic rings. The highest BCUT2D eigenvalue weighted by atomic mass is 16.6. The van der Waals surface area contributed by atoms with Crippen molar-refractivity contribution in [1.82, 2.24) is 0 Å². The van der Waals surface area contributed by atoms with Crippen LogP contribution in [0.15, 0.2) is 36.5 Å². The Hall–Kier alpha value is -2.45. The number of aliphatic carboxylic acids is 1. The maximum atomic E-state index is 12.7. The number of hydrogen-bond acceptors (Lipinski definition) is 6. The van der Waals surface area contributed by atoms with Crippen LogP contribution in [-0.4, -0.2) is 80.6 Å². The van der Waals surface area contributed by atoms with Gasteiger partial charge in [-0.2, -0.15) is 0 Å². The van der Waals surface area contributed by atoms with E-state index in [1.54, 1.807) is 0 Å². The van der Waals surface area contributed by atoms with Crippen molar-refractivity contribution in [3.8, 4) is 0 Å². The van der Waals surface area contributed by atoms with Crippen molar-refractivity contribution >= 4 is 17.9 Å². The summed E-state index contributed by atoms with van der Waals surface area (Å²) in [5, 5.41) is 9.60. The quantitative estimate of drug-likeness (QED) is 0.0290. The van der Waals surface area contributed by atoms with E-state index in [0.29, 0.717) is 19.3 Å². The Morgan fingerprint density at radius 3 is 1.57 bits per heavy atom. The summed E-state index contributed by atoms with van der Waals surface area (Å²) in [6.07, 6.45) is 40.5. The summed E-state index contributed by atoms with van der Waals surface area (Å²) < 4.78 is 17.2. The largest absolute Gasteiger partial charge is 0.477 e. The Bertz CT molecular complexity index is 968. The van der Waals surface area contributed by atoms with Crippen molar-refractivity contribution in [3.63, 3.8) is 0 Å². The minimum Gasteiger partial charge on any atom is -0.477 e. The third-order valence-corrected chi connectivity index (χ3v) is 9.55. The lowest BCUT2D eigenvalue weighted by atomic mass is 10.0. The molecule has 53 heavy (non-hydrogen) atoms. The van der Waals surface area contributed by atoms with E-state index in [1.165, 1.54) is 89.9 Å². The third-order valence-electron chi connectivity index (χ3n) is 9.55. The molecule has 0 amide bonds. The second-order valence-electron chi connectivity index (χ2n) is 15.6. The summed E-state index contributed by atoms with van der Waals surface area (Å²) in [4.78, 5) is 36.9. The van der Waals surface area contributed by atoms with Crippen molar-refractivity contribution in [2.45, 2.75) is 193 Å². The van der Waals surface area contributed by atoms with Gasteiger partial charge in [0.1, 0.15) is 6.61 Å². The number of rotatable bonds is 38. The van der Waals surface area contributed by atoms with E-state index in [2.05, 4.69) is 50.3 Å². The lowest BCUT2D eigenvalue weighted by Gasteiger charge is -2.31. The number of allylic oxidation sites excluding steroid dienone is 6. The molecule has 1 N–H and O–H groups in total. The lowest BCUT2D eigenvalue weighted by molar-refractivity contribution is -0.887. The van der Waals surface area contributed by atoms with E-state index in [9.17, 15) is 19.5 Å². The van der Waals surface area contributed by atoms with E-state index in [-0.39, 0.29) is 42.7 Å². The van der Waals surface area contributed by atoms with Crippen molar-refractivity contribution in [1.29, 1.82) is 0 Å². The van der Waals surface area contributed by atoms with Crippen molar-refractivity contribution in [3.05, 3.63) is 36.5 Å². The standard InChI is InChI=1S/C45H81NO7/c1-6-8-10-12-14-16-18-20-21-22-23-24-26-27-29-31-33-35-43(47)52-40-41(39-51-38-37-42(45(49)50)46(3,4)5)53-44(48)36-34-32-30-28-25-19-17-15-13-11-9-7-2/h9,11,15,17,25,28,41-42H,6-8,10,12-14,16,18-24,26-27,29-40H2,1-5H3/p+1/b11-9+,17-15+,28-25+. The smallest absolute Gasteiger partial charge is 0.362 e. The second-order valence-corrected chi connectivity index (χ2v) is 15.6. The Labute approximate surface area is 325 Å². The lowest BCUT2D eigenvalue weighted by Crippen LogP contribution is -2.50. The minimum absolute atomic E-state index is 0.0477. The van der Waals surface area contributed by atoms with Gasteiger partial charge in [0.2, 0.25) is 0 Å². The highest BCUT2D eigenvalue weighted by Crippen LogP contribution is 2.15. The number of carboxylic acid groups (broad SMARTS) is 1. The van der Waals surface area contributed by atoms with Gasteiger partial charge in [-0.3, -0.25) is 9.59 Å². The minimum atomic E-state index is -0.881. The number of unbranched alkanes of at least 4 members (excludes halogenated alkanes) is 18. The van der Waals surface area contributed by atoms with Crippen molar-refractivity contribution in [2.24, 2.45) is 0 Å². The van der Waals surface area contributed by atoms with Crippen LogP contribution in [0.4, 0.5) is 0 Å². The molecule has 0 aromatic carbocycles. The van der Waals surface area contributed by atoms with Crippen LogP contribution in [0.25, 0.3) is 0 Å². The zero-order valence-corrected chi connectivity index (χ0v) is 35.0. The maximum Gasteiger partial charge on any atom is 0.362 e. The molecule has 2 unspecified atom stereocenters. The molecule has 0 rings (SSSR count). The molecule has 0 aromatic heterocycles. The van der Waals surface area contributed by atoms with E-state index in [1.807, 2.05) is 21.1 Å². The van der Waals surface area contributed by atoms with E-state index in [0.717, 1.165) is 51.4 Å². The van der Waals surface area contributed by atoms with Gasteiger partial charge in [-0.1, -0.05) is 153 Å². The number of carbonyl (C=O) groups excluding carboxylic acids is 2. The summed E-state index contributed by atoms with van der Waals surface area (Å²) in [6, 6.07) is -0.619. The number of likely N-dealkylation sites (N-methyl/N-ethyl adjacent to an activating group) is 1. The van der Waals surface area contributed by atoms with Gasteiger partial charge in [0.15, 0.2) is 12.1 Å². The second kappa shape index (κ2) is 36.5. The van der Waals surface area contributed by atoms with Crippen LogP contribution in [0.2, 0.25) is 0 Å². The van der Waals surface area contributed by atoms with E-state index < -0.39 is 18.1 Å². The van der Waals surface area contributed by atoms with Gasteiger partial charge in [0, 0.05) is 19.3 Å². The van der Waals surface area contributed by atoms with Crippen LogP contribution in [0.3, 0.4) is 0 Å². The first-order chi connectivity index (χ1) is 25.6. The predicted octanol–water partition coefficient (Wildman–Crippen LogP) is 11.5. The Morgan fingerprint density at radius 1 is 0.585 bits per heavy atom. The molecule has 0 bridgehead atoms. The molecule has 2 atom stereocenters. The average molecular weight is 749 g/mol. The highest BCUT2D eigenvalue weighted by Gasteiger charge is 2.31. The zero-order chi connectivity index (χ0) is 39.3. The van der Waals surface area contributed by atoms with Crippen molar-refractivity contribution in [2.75, 3.05) is 41.0 Å². The molecule has 0 aliphatic carbocycles. The van der Waals surface area contributed by atoms with Gasteiger partial charge in [-0.25, -0.2) is 4.79 Å². The van der Waals surface area contributed by atoms with Gasteiger partial charge in [-0.15, -0.1) is 0 Å². The maximum absolute atomic E-state index is 12.7. The Morgan fingerprint density at radius 2 is 1.06 bits per heavy atom. The molecule has 308 valence electrons. The van der Waals surface area contributed by atoms with E-state index >= 15 is 0 Å². The van der Waals surface area contributed by atoms with Crippen LogP contribution in [-0.2, 0) is 28.6 Å². The topological polar surface area (TPSA) is 99.1 Å². The molecule has 8 nitrogen and oxygen atoms in total. The first-order valence-electron chi connectivity index (χ1n) is 21.5. The number of quaternary nitrogens is 1. The van der Waals surface area contributed by atoms with Gasteiger partial charge in [0.25, 0.3) is 0 Å². The summed E-state index contributed by atoms with van der Waals surface area (Å²) in [7, 11) is 5.51. The number of hydrogen-bond donors (Lipinski definition) is 1. The van der Waals surface area contributed by atoms with Crippen molar-refractivity contribution < 1.29 is 38.2 Å². The fourth-order valence-corrected chi connectivity index (χ4v) is 6.22. The average Bonchev–Trinajstić information content (AvgIpc) is 3.11. The number of ether oxygens (including phenoxy) is 3. The molecule has 0 aromatic rings. The van der Waals surface area contributed by atoms with Gasteiger partial charge in [0.05, 0.1) is 34.4 Å². The molecule has 0 spiro atoms. The Balaban J connectivity index is 4.34. The molecule has 0 radical (unpaired) electrons. The molecular weight excluding hydrogens is 666 g/mol. The molecular formula is C45H82NO7+. The number of carbonyl (C=O) groups is 3. The zero-order valence-electron chi connectivity index (χ0n) is 35.0. The third kappa shape index (κ3) is 35.0. The molecule has 0 saturated carbocycles. The first-order valence-corrected chi connectivity index (χ1v) is 21.5. The summed E-state index contributed by atoms with van der Waals surface area (Å²) in [6.45, 7) is 4.58.